The first-order chi connectivity index (χ1) is 10.2. The Morgan fingerprint density at radius 2 is 2.00 bits per heavy atom. The molecule has 0 radical (unpaired) electrons. The molecule has 0 amide bonds. The summed E-state index contributed by atoms with van der Waals surface area (Å²) in [4.78, 5) is 2.59. The lowest BCUT2D eigenvalue weighted by atomic mass is 10.0. The third kappa shape index (κ3) is 2.81. The van der Waals surface area contributed by atoms with Crippen molar-refractivity contribution in [1.29, 1.82) is 0 Å². The van der Waals surface area contributed by atoms with Crippen molar-refractivity contribution in [2.75, 3.05) is 12.3 Å². The number of fused-ring (bicyclic) bond motifs is 1. The predicted molar refractivity (Wildman–Crippen MR) is 89.2 cm³/mol. The van der Waals surface area contributed by atoms with Gasteiger partial charge in [0.05, 0.1) is 0 Å². The van der Waals surface area contributed by atoms with Crippen LogP contribution in [0.3, 0.4) is 0 Å². The van der Waals surface area contributed by atoms with E-state index in [4.69, 9.17) is 5.73 Å². The molecule has 2 aromatic rings. The van der Waals surface area contributed by atoms with Gasteiger partial charge in [0.25, 0.3) is 0 Å². The van der Waals surface area contributed by atoms with Crippen LogP contribution in [0.2, 0.25) is 0 Å². The molecule has 1 aliphatic carbocycles. The van der Waals surface area contributed by atoms with Crippen LogP contribution in [0.4, 0.5) is 5.69 Å². The molecule has 2 heteroatoms. The van der Waals surface area contributed by atoms with Crippen LogP contribution in [-0.4, -0.2) is 11.4 Å². The van der Waals surface area contributed by atoms with Gasteiger partial charge in [-0.05, 0) is 60.7 Å². The van der Waals surface area contributed by atoms with Crippen molar-refractivity contribution >= 4 is 5.69 Å². The van der Waals surface area contributed by atoms with Crippen LogP contribution in [0.5, 0.6) is 0 Å². The number of nitrogen functional groups attached to an aromatic ring is 1. The molecule has 0 bridgehead atoms. The van der Waals surface area contributed by atoms with Crippen molar-refractivity contribution in [2.24, 2.45) is 0 Å². The third-order valence-corrected chi connectivity index (χ3v) is 4.69. The summed E-state index contributed by atoms with van der Waals surface area (Å²) in [6.45, 7) is 6.56. The van der Waals surface area contributed by atoms with Gasteiger partial charge in [-0.3, -0.25) is 4.90 Å². The molecule has 0 saturated carbocycles. The Morgan fingerprint density at radius 3 is 2.76 bits per heavy atom. The van der Waals surface area contributed by atoms with Gasteiger partial charge < -0.3 is 5.73 Å². The number of rotatable bonds is 4. The fourth-order valence-electron chi connectivity index (χ4n) is 3.44. The Hall–Kier alpha value is -1.80. The smallest absolute Gasteiger partial charge is 0.0357 e. The summed E-state index contributed by atoms with van der Waals surface area (Å²) >= 11 is 0. The van der Waals surface area contributed by atoms with Crippen molar-refractivity contribution in [3.63, 3.8) is 0 Å². The molecule has 0 saturated heterocycles. The molecule has 0 spiro atoms. The summed E-state index contributed by atoms with van der Waals surface area (Å²) in [5.74, 6) is 0. The maximum Gasteiger partial charge on any atom is 0.0357 e. The maximum absolute atomic E-state index is 5.91. The Labute approximate surface area is 127 Å². The lowest BCUT2D eigenvalue weighted by Gasteiger charge is -2.29. The zero-order chi connectivity index (χ0) is 14.8. The van der Waals surface area contributed by atoms with Gasteiger partial charge in [0.15, 0.2) is 0 Å². The van der Waals surface area contributed by atoms with Crippen LogP contribution in [0.1, 0.15) is 41.6 Å². The molecular formula is C19H24N2. The Morgan fingerprint density at radius 1 is 1.19 bits per heavy atom. The first kappa shape index (κ1) is 14.2. The van der Waals surface area contributed by atoms with E-state index in [1.165, 1.54) is 28.7 Å². The van der Waals surface area contributed by atoms with Gasteiger partial charge in [-0.15, -0.1) is 0 Å². The van der Waals surface area contributed by atoms with Crippen LogP contribution >= 0.6 is 0 Å². The Balaban J connectivity index is 1.84. The van der Waals surface area contributed by atoms with E-state index >= 15 is 0 Å². The summed E-state index contributed by atoms with van der Waals surface area (Å²) in [5.41, 5.74) is 12.5. The highest BCUT2D eigenvalue weighted by molar-refractivity contribution is 5.47. The normalized spacial score (nSPS) is 17.2. The summed E-state index contributed by atoms with van der Waals surface area (Å²) in [7, 11) is 0. The van der Waals surface area contributed by atoms with Crippen LogP contribution in [0.15, 0.2) is 42.5 Å². The van der Waals surface area contributed by atoms with Crippen molar-refractivity contribution < 1.29 is 0 Å². The molecule has 21 heavy (non-hydrogen) atoms. The molecule has 2 aromatic carbocycles. The number of nitrogens with two attached hydrogens (primary N) is 1. The molecule has 2 nitrogen and oxygen atoms in total. The fourth-order valence-corrected chi connectivity index (χ4v) is 3.44. The molecule has 0 aromatic heterocycles. The van der Waals surface area contributed by atoms with E-state index in [2.05, 4.69) is 55.1 Å². The number of nitrogens with zero attached hydrogens (tertiary/aromatic N) is 1. The standard InChI is InChI=1S/C19H24N2/c1-3-21(13-16-7-5-4-6-14(16)2)19-11-8-15-12-17(20)9-10-18(15)19/h4-7,9-10,12,19H,3,8,11,13,20H2,1-2H3. The van der Waals surface area contributed by atoms with Crippen LogP contribution < -0.4 is 5.73 Å². The predicted octanol–water partition coefficient (Wildman–Crippen LogP) is 4.09. The van der Waals surface area contributed by atoms with E-state index < -0.39 is 0 Å². The molecule has 110 valence electrons. The summed E-state index contributed by atoms with van der Waals surface area (Å²) in [6, 6.07) is 15.6. The molecule has 0 heterocycles. The molecule has 1 unspecified atom stereocenters. The monoisotopic (exact) mass is 280 g/mol. The van der Waals surface area contributed by atoms with E-state index in [0.717, 1.165) is 25.2 Å². The van der Waals surface area contributed by atoms with Crippen LogP contribution in [0.25, 0.3) is 0 Å². The van der Waals surface area contributed by atoms with Gasteiger partial charge in [0, 0.05) is 18.3 Å². The minimum absolute atomic E-state index is 0.533. The average molecular weight is 280 g/mol. The third-order valence-electron chi connectivity index (χ3n) is 4.69. The number of aryl methyl sites for hydroxylation is 2. The number of hydrogen-bond acceptors (Lipinski definition) is 2. The van der Waals surface area contributed by atoms with E-state index in [-0.39, 0.29) is 0 Å². The lowest BCUT2D eigenvalue weighted by Crippen LogP contribution is -2.27. The number of benzene rings is 2. The Kier molecular flexibility index (Phi) is 3.98. The SMILES string of the molecule is CCN(Cc1ccccc1C)C1CCc2cc(N)ccc21. The first-order valence-corrected chi connectivity index (χ1v) is 7.86. The Bertz CT molecular complexity index is 633. The molecule has 3 rings (SSSR count). The van der Waals surface area contributed by atoms with Crippen molar-refractivity contribution in [3.05, 3.63) is 64.7 Å². The van der Waals surface area contributed by atoms with Gasteiger partial charge >= 0.3 is 0 Å². The summed E-state index contributed by atoms with van der Waals surface area (Å²) in [5, 5.41) is 0. The highest BCUT2D eigenvalue weighted by Crippen LogP contribution is 2.37. The van der Waals surface area contributed by atoms with Gasteiger partial charge in [-0.25, -0.2) is 0 Å². The van der Waals surface area contributed by atoms with Gasteiger partial charge in [-0.1, -0.05) is 37.3 Å². The molecular weight excluding hydrogens is 256 g/mol. The van der Waals surface area contributed by atoms with E-state index in [1.807, 2.05) is 6.07 Å². The minimum atomic E-state index is 0.533. The molecule has 1 atom stereocenters. The average Bonchev–Trinajstić information content (AvgIpc) is 2.89. The topological polar surface area (TPSA) is 29.3 Å². The largest absolute Gasteiger partial charge is 0.399 e. The highest BCUT2D eigenvalue weighted by atomic mass is 15.2. The van der Waals surface area contributed by atoms with Crippen LogP contribution in [-0.2, 0) is 13.0 Å². The van der Waals surface area contributed by atoms with E-state index in [0.29, 0.717) is 6.04 Å². The quantitative estimate of drug-likeness (QED) is 0.855. The van der Waals surface area contributed by atoms with Crippen molar-refractivity contribution in [3.8, 4) is 0 Å². The van der Waals surface area contributed by atoms with Gasteiger partial charge in [0.2, 0.25) is 0 Å². The van der Waals surface area contributed by atoms with Crippen molar-refractivity contribution in [2.45, 2.75) is 39.3 Å². The second-order valence-corrected chi connectivity index (χ2v) is 6.00. The fraction of sp³-hybridized carbons (Fsp3) is 0.368. The summed E-state index contributed by atoms with van der Waals surface area (Å²) in [6.07, 6.45) is 2.35. The second-order valence-electron chi connectivity index (χ2n) is 6.00. The highest BCUT2D eigenvalue weighted by Gasteiger charge is 2.27. The lowest BCUT2D eigenvalue weighted by molar-refractivity contribution is 0.198. The van der Waals surface area contributed by atoms with Gasteiger partial charge in [-0.2, -0.15) is 0 Å². The zero-order valence-corrected chi connectivity index (χ0v) is 13.0. The molecule has 1 aliphatic rings. The summed E-state index contributed by atoms with van der Waals surface area (Å²) < 4.78 is 0. The molecule has 0 aliphatic heterocycles. The van der Waals surface area contributed by atoms with Gasteiger partial charge in [0.1, 0.15) is 0 Å². The van der Waals surface area contributed by atoms with E-state index in [1.54, 1.807) is 0 Å². The number of anilines is 1. The second kappa shape index (κ2) is 5.90. The number of hydrogen-bond donors (Lipinski definition) is 1. The zero-order valence-electron chi connectivity index (χ0n) is 13.0. The van der Waals surface area contributed by atoms with E-state index in [9.17, 15) is 0 Å². The molecule has 0 fully saturated rings. The molecule has 2 N–H and O–H groups in total. The van der Waals surface area contributed by atoms with Crippen LogP contribution in [0, 0.1) is 6.92 Å². The first-order valence-electron chi connectivity index (χ1n) is 7.86. The minimum Gasteiger partial charge on any atom is -0.399 e. The maximum atomic E-state index is 5.91. The van der Waals surface area contributed by atoms with Crippen molar-refractivity contribution in [1.82, 2.24) is 4.90 Å².